The van der Waals surface area contributed by atoms with Crippen LogP contribution in [-0.2, 0) is 0 Å². The van der Waals surface area contributed by atoms with E-state index < -0.39 is 0 Å². The molecule has 0 aliphatic carbocycles. The van der Waals surface area contributed by atoms with Gasteiger partial charge < -0.3 is 5.11 Å². The molecule has 0 aliphatic rings. The fourth-order valence-electron chi connectivity index (χ4n) is 2.03. The largest absolute Gasteiger partial charge is 0.460 e. The van der Waals surface area contributed by atoms with Gasteiger partial charge in [0.15, 0.2) is 0 Å². The highest BCUT2D eigenvalue weighted by Crippen LogP contribution is 2.18. The van der Waals surface area contributed by atoms with Crippen LogP contribution in [-0.4, -0.2) is 9.67 Å². The van der Waals surface area contributed by atoms with E-state index in [9.17, 15) is 9.90 Å². The topological polar surface area (TPSA) is 56.4 Å². The monoisotopic (exact) mass is 351 g/mol. The first kappa shape index (κ1) is 13.1. The molecule has 3 aromatic rings. The molecular formula is C14H9BrClN2O2+. The normalized spacial score (nSPS) is 10.9. The van der Waals surface area contributed by atoms with Gasteiger partial charge in [0, 0.05) is 9.50 Å². The molecule has 3 rings (SSSR count). The Morgan fingerprint density at radius 1 is 1.15 bits per heavy atom. The van der Waals surface area contributed by atoms with Crippen LogP contribution < -0.4 is 10.5 Å². The highest BCUT2D eigenvalue weighted by Gasteiger charge is 2.19. The Morgan fingerprint density at radius 2 is 1.85 bits per heavy atom. The van der Waals surface area contributed by atoms with E-state index in [0.29, 0.717) is 21.6 Å². The average Bonchev–Trinajstić information content (AvgIpc) is 2.42. The van der Waals surface area contributed by atoms with Crippen molar-refractivity contribution in [3.63, 3.8) is 0 Å². The van der Waals surface area contributed by atoms with Crippen molar-refractivity contribution in [3.8, 4) is 11.7 Å². The standard InChI is InChI=1S/C14H8BrClN2O2/c15-8-1-6-12-11(7-8)13(19)18(14(20)17-12)10-4-2-9(16)3-5-10/h1-7H,(H,17,20)/p+1. The Labute approximate surface area is 127 Å². The molecule has 2 N–H and O–H groups in total. The zero-order valence-corrected chi connectivity index (χ0v) is 12.4. The summed E-state index contributed by atoms with van der Waals surface area (Å²) in [6.07, 6.45) is 0. The lowest BCUT2D eigenvalue weighted by Crippen LogP contribution is -2.25. The number of hydrogen-bond donors (Lipinski definition) is 1. The molecule has 100 valence electrons. The van der Waals surface area contributed by atoms with Crippen LogP contribution in [0.1, 0.15) is 0 Å². The summed E-state index contributed by atoms with van der Waals surface area (Å²) in [5.74, 6) is 0. The number of aromatic amines is 1. The Hall–Kier alpha value is -1.85. The second-order valence-corrected chi connectivity index (χ2v) is 5.61. The summed E-state index contributed by atoms with van der Waals surface area (Å²) in [5.41, 5.74) is 0.802. The third-order valence-corrected chi connectivity index (χ3v) is 3.70. The van der Waals surface area contributed by atoms with Gasteiger partial charge in [0.2, 0.25) is 0 Å². The summed E-state index contributed by atoms with van der Waals surface area (Å²) in [4.78, 5) is 15.3. The Kier molecular flexibility index (Phi) is 3.23. The zero-order valence-electron chi connectivity index (χ0n) is 10.1. The minimum absolute atomic E-state index is 0.229. The van der Waals surface area contributed by atoms with Crippen molar-refractivity contribution >= 4 is 38.4 Å². The van der Waals surface area contributed by atoms with Crippen molar-refractivity contribution in [2.75, 3.05) is 0 Å². The van der Waals surface area contributed by atoms with E-state index in [0.717, 1.165) is 4.47 Å². The lowest BCUT2D eigenvalue weighted by Gasteiger charge is -2.02. The van der Waals surface area contributed by atoms with Gasteiger partial charge in [-0.15, -0.1) is 4.57 Å². The number of fused-ring (bicyclic) bond motifs is 1. The Balaban J connectivity index is 2.36. The van der Waals surface area contributed by atoms with E-state index in [2.05, 4.69) is 20.9 Å². The third-order valence-electron chi connectivity index (χ3n) is 2.96. The molecule has 1 heterocycles. The molecule has 0 amide bonds. The molecule has 0 spiro atoms. The van der Waals surface area contributed by atoms with Crippen LogP contribution in [0.5, 0.6) is 6.01 Å². The molecule has 0 bridgehead atoms. The van der Waals surface area contributed by atoms with Crippen LogP contribution in [0, 0.1) is 0 Å². The molecule has 0 fully saturated rings. The van der Waals surface area contributed by atoms with Crippen LogP contribution in [0.3, 0.4) is 0 Å². The summed E-state index contributed by atoms with van der Waals surface area (Å²) in [5, 5.41) is 11.1. The predicted octanol–water partition coefficient (Wildman–Crippen LogP) is 2.93. The van der Waals surface area contributed by atoms with E-state index in [4.69, 9.17) is 11.6 Å². The maximum Gasteiger partial charge on any atom is 0.460 e. The van der Waals surface area contributed by atoms with Crippen LogP contribution in [0.25, 0.3) is 16.6 Å². The Morgan fingerprint density at radius 3 is 2.55 bits per heavy atom. The minimum Gasteiger partial charge on any atom is -0.446 e. The quantitative estimate of drug-likeness (QED) is 0.732. The summed E-state index contributed by atoms with van der Waals surface area (Å²) < 4.78 is 1.99. The number of benzene rings is 2. The molecule has 0 saturated carbocycles. The molecule has 6 heteroatoms. The van der Waals surface area contributed by atoms with E-state index in [-0.39, 0.29) is 11.6 Å². The van der Waals surface area contributed by atoms with Gasteiger partial charge in [-0.1, -0.05) is 27.5 Å². The molecule has 2 aromatic carbocycles. The van der Waals surface area contributed by atoms with Crippen LogP contribution in [0.2, 0.25) is 5.02 Å². The second-order valence-electron chi connectivity index (χ2n) is 4.26. The van der Waals surface area contributed by atoms with E-state index in [1.54, 1.807) is 42.5 Å². The van der Waals surface area contributed by atoms with Gasteiger partial charge in [0.25, 0.3) is 0 Å². The first-order chi connectivity index (χ1) is 9.56. The van der Waals surface area contributed by atoms with Gasteiger partial charge >= 0.3 is 11.6 Å². The number of halogens is 2. The number of rotatable bonds is 1. The van der Waals surface area contributed by atoms with Crippen LogP contribution in [0.15, 0.2) is 51.7 Å². The van der Waals surface area contributed by atoms with E-state index in [1.165, 1.54) is 4.57 Å². The van der Waals surface area contributed by atoms with Gasteiger partial charge in [0.05, 0.1) is 0 Å². The van der Waals surface area contributed by atoms with E-state index in [1.807, 2.05) is 0 Å². The number of aromatic hydroxyl groups is 1. The maximum absolute atomic E-state index is 12.5. The highest BCUT2D eigenvalue weighted by atomic mass is 79.9. The number of nitrogens with one attached hydrogen (secondary N) is 1. The SMILES string of the molecule is O=c1c2cc(Br)ccc2[nH+]c(O)n1-c1ccc(Cl)cc1. The maximum atomic E-state index is 12.5. The number of H-pyrrole nitrogens is 1. The highest BCUT2D eigenvalue weighted by molar-refractivity contribution is 9.10. The average molecular weight is 353 g/mol. The summed E-state index contributed by atoms with van der Waals surface area (Å²) in [6.45, 7) is 0. The van der Waals surface area contributed by atoms with Crippen LogP contribution >= 0.6 is 27.5 Å². The Bertz CT molecular complexity index is 859. The summed E-state index contributed by atoms with van der Waals surface area (Å²) in [7, 11) is 0. The molecule has 20 heavy (non-hydrogen) atoms. The number of nitrogens with zero attached hydrogens (tertiary/aromatic N) is 1. The van der Waals surface area contributed by atoms with Gasteiger partial charge in [0.1, 0.15) is 16.6 Å². The first-order valence-electron chi connectivity index (χ1n) is 5.79. The molecule has 0 unspecified atom stereocenters. The fourth-order valence-corrected chi connectivity index (χ4v) is 2.51. The van der Waals surface area contributed by atoms with Crippen molar-refractivity contribution < 1.29 is 10.1 Å². The smallest absolute Gasteiger partial charge is 0.446 e. The third kappa shape index (κ3) is 2.19. The van der Waals surface area contributed by atoms with Crippen molar-refractivity contribution in [2.45, 2.75) is 0 Å². The molecule has 0 aliphatic heterocycles. The fraction of sp³-hybridized carbons (Fsp3) is 0. The molecular weight excluding hydrogens is 344 g/mol. The lowest BCUT2D eigenvalue weighted by molar-refractivity contribution is -0.370. The minimum atomic E-state index is -0.306. The predicted molar refractivity (Wildman–Crippen MR) is 80.5 cm³/mol. The van der Waals surface area contributed by atoms with Crippen molar-refractivity contribution in [3.05, 3.63) is 62.3 Å². The first-order valence-corrected chi connectivity index (χ1v) is 6.96. The number of aromatic nitrogens is 2. The van der Waals surface area contributed by atoms with E-state index >= 15 is 0 Å². The second kappa shape index (κ2) is 4.92. The van der Waals surface area contributed by atoms with Crippen molar-refractivity contribution in [1.29, 1.82) is 0 Å². The van der Waals surface area contributed by atoms with Gasteiger partial charge in [-0.2, -0.15) is 0 Å². The van der Waals surface area contributed by atoms with Gasteiger partial charge in [-0.25, -0.2) is 9.78 Å². The summed E-state index contributed by atoms with van der Waals surface area (Å²) in [6, 6.07) is 11.7. The molecule has 0 radical (unpaired) electrons. The van der Waals surface area contributed by atoms with Gasteiger partial charge in [-0.3, -0.25) is 0 Å². The molecule has 1 aromatic heterocycles. The molecule has 0 atom stereocenters. The number of hydrogen-bond acceptors (Lipinski definition) is 2. The van der Waals surface area contributed by atoms with Crippen LogP contribution in [0.4, 0.5) is 0 Å². The molecule has 4 nitrogen and oxygen atoms in total. The molecule has 0 saturated heterocycles. The van der Waals surface area contributed by atoms with Crippen molar-refractivity contribution in [1.82, 2.24) is 4.57 Å². The summed E-state index contributed by atoms with van der Waals surface area (Å²) >= 11 is 9.16. The van der Waals surface area contributed by atoms with Gasteiger partial charge in [-0.05, 0) is 42.5 Å². The van der Waals surface area contributed by atoms with Crippen molar-refractivity contribution in [2.24, 2.45) is 0 Å². The zero-order chi connectivity index (χ0) is 14.3. The lowest BCUT2D eigenvalue weighted by atomic mass is 10.2.